The predicted octanol–water partition coefficient (Wildman–Crippen LogP) is 3.22. The molecule has 0 aliphatic rings. The topological polar surface area (TPSA) is 90.7 Å². The number of hydrogen-bond donors (Lipinski definition) is 2. The van der Waals surface area contributed by atoms with Crippen molar-refractivity contribution >= 4 is 55.6 Å². The van der Waals surface area contributed by atoms with E-state index in [4.69, 9.17) is 11.5 Å². The van der Waals surface area contributed by atoms with E-state index < -0.39 is 0 Å². The zero-order valence-electron chi connectivity index (χ0n) is 11.0. The number of aryl methyl sites for hydroxylation is 2. The molecule has 3 heterocycles. The second kappa shape index (κ2) is 5.19. The summed E-state index contributed by atoms with van der Waals surface area (Å²) in [6.45, 7) is 4.14. The SMILES string of the molecule is Cc1sc2nc(CSc3cnc(N)s3)nc(N)c2c1C. The first-order chi connectivity index (χ1) is 9.54. The van der Waals surface area contributed by atoms with E-state index in [1.54, 1.807) is 29.3 Å². The fourth-order valence-electron chi connectivity index (χ4n) is 1.87. The molecule has 3 aromatic heterocycles. The minimum Gasteiger partial charge on any atom is -0.383 e. The predicted molar refractivity (Wildman–Crippen MR) is 87.4 cm³/mol. The molecule has 4 N–H and O–H groups in total. The summed E-state index contributed by atoms with van der Waals surface area (Å²) < 4.78 is 1.06. The van der Waals surface area contributed by atoms with Crippen molar-refractivity contribution in [2.75, 3.05) is 11.5 Å². The number of rotatable bonds is 3. The van der Waals surface area contributed by atoms with Gasteiger partial charge in [-0.2, -0.15) is 0 Å². The Morgan fingerprint density at radius 1 is 1.20 bits per heavy atom. The van der Waals surface area contributed by atoms with E-state index >= 15 is 0 Å². The molecule has 20 heavy (non-hydrogen) atoms. The Labute approximate surface area is 128 Å². The lowest BCUT2D eigenvalue weighted by Gasteiger charge is -2.02. The number of anilines is 2. The maximum atomic E-state index is 6.06. The molecule has 0 unspecified atom stereocenters. The van der Waals surface area contributed by atoms with Gasteiger partial charge >= 0.3 is 0 Å². The number of fused-ring (bicyclic) bond motifs is 1. The van der Waals surface area contributed by atoms with Gasteiger partial charge < -0.3 is 11.5 Å². The number of nitrogens with two attached hydrogens (primary N) is 2. The molecule has 0 atom stereocenters. The van der Waals surface area contributed by atoms with Gasteiger partial charge in [0.05, 0.1) is 21.5 Å². The molecule has 8 heteroatoms. The maximum Gasteiger partial charge on any atom is 0.181 e. The summed E-state index contributed by atoms with van der Waals surface area (Å²) in [5.41, 5.74) is 12.8. The Morgan fingerprint density at radius 3 is 2.70 bits per heavy atom. The van der Waals surface area contributed by atoms with E-state index in [9.17, 15) is 0 Å². The second-order valence-electron chi connectivity index (χ2n) is 4.29. The summed E-state index contributed by atoms with van der Waals surface area (Å²) in [4.78, 5) is 15.2. The average Bonchev–Trinajstić information content (AvgIpc) is 2.92. The largest absolute Gasteiger partial charge is 0.383 e. The van der Waals surface area contributed by atoms with Crippen LogP contribution in [0.25, 0.3) is 10.2 Å². The Bertz CT molecular complexity index is 777. The van der Waals surface area contributed by atoms with Crippen LogP contribution < -0.4 is 11.5 Å². The van der Waals surface area contributed by atoms with Crippen LogP contribution in [0, 0.1) is 13.8 Å². The van der Waals surface area contributed by atoms with Crippen molar-refractivity contribution in [2.45, 2.75) is 23.8 Å². The van der Waals surface area contributed by atoms with Gasteiger partial charge in [-0.1, -0.05) is 11.3 Å². The maximum absolute atomic E-state index is 6.06. The molecular weight excluding hydrogens is 310 g/mol. The minimum atomic E-state index is 0.566. The molecular formula is C12H13N5S3. The van der Waals surface area contributed by atoms with Crippen LogP contribution in [0.3, 0.4) is 0 Å². The molecule has 0 aliphatic heterocycles. The Hall–Kier alpha value is -1.38. The van der Waals surface area contributed by atoms with Crippen molar-refractivity contribution in [1.29, 1.82) is 0 Å². The highest BCUT2D eigenvalue weighted by atomic mass is 32.2. The van der Waals surface area contributed by atoms with Crippen molar-refractivity contribution in [2.24, 2.45) is 0 Å². The monoisotopic (exact) mass is 323 g/mol. The Balaban J connectivity index is 1.89. The summed E-state index contributed by atoms with van der Waals surface area (Å²) in [5, 5.41) is 1.57. The minimum absolute atomic E-state index is 0.566. The fourth-order valence-corrected chi connectivity index (χ4v) is 4.53. The third-order valence-electron chi connectivity index (χ3n) is 2.95. The van der Waals surface area contributed by atoms with Gasteiger partial charge in [-0.25, -0.2) is 15.0 Å². The number of thioether (sulfide) groups is 1. The lowest BCUT2D eigenvalue weighted by Crippen LogP contribution is -1.99. The Kier molecular flexibility index (Phi) is 3.53. The molecule has 0 radical (unpaired) electrons. The lowest BCUT2D eigenvalue weighted by atomic mass is 10.2. The molecule has 0 aromatic carbocycles. The smallest absolute Gasteiger partial charge is 0.181 e. The number of aromatic nitrogens is 3. The summed E-state index contributed by atoms with van der Waals surface area (Å²) in [5.74, 6) is 1.97. The quantitative estimate of drug-likeness (QED) is 0.719. The van der Waals surface area contributed by atoms with E-state index in [1.807, 2.05) is 0 Å². The molecule has 0 bridgehead atoms. The van der Waals surface area contributed by atoms with Gasteiger partial charge in [0.15, 0.2) is 5.13 Å². The highest BCUT2D eigenvalue weighted by Gasteiger charge is 2.13. The standard InChI is InChI=1S/C12H13N5S3/c1-5-6(2)19-11-9(5)10(13)16-7(17-11)4-18-8-3-15-12(14)20-8/h3H,4H2,1-2H3,(H2,14,15)(H2,13,16,17). The molecule has 0 fully saturated rings. The van der Waals surface area contributed by atoms with Gasteiger partial charge in [0.25, 0.3) is 0 Å². The third-order valence-corrected chi connectivity index (χ3v) is 6.07. The lowest BCUT2D eigenvalue weighted by molar-refractivity contribution is 1.08. The molecule has 5 nitrogen and oxygen atoms in total. The first-order valence-electron chi connectivity index (χ1n) is 5.91. The van der Waals surface area contributed by atoms with Gasteiger partial charge in [0.2, 0.25) is 0 Å². The van der Waals surface area contributed by atoms with Gasteiger partial charge in [-0.3, -0.25) is 0 Å². The second-order valence-corrected chi connectivity index (χ2v) is 7.84. The number of nitrogen functional groups attached to an aromatic ring is 2. The van der Waals surface area contributed by atoms with Crippen LogP contribution in [0.4, 0.5) is 10.9 Å². The van der Waals surface area contributed by atoms with E-state index in [0.29, 0.717) is 16.7 Å². The van der Waals surface area contributed by atoms with E-state index in [-0.39, 0.29) is 0 Å². The number of thiazole rings is 1. The molecule has 3 rings (SSSR count). The van der Waals surface area contributed by atoms with Crippen molar-refractivity contribution in [3.05, 3.63) is 22.5 Å². The summed E-state index contributed by atoms with van der Waals surface area (Å²) >= 11 is 4.75. The molecule has 0 amide bonds. The summed E-state index contributed by atoms with van der Waals surface area (Å²) in [7, 11) is 0. The van der Waals surface area contributed by atoms with Crippen LogP contribution >= 0.6 is 34.4 Å². The molecule has 0 aliphatic carbocycles. The molecule has 0 saturated carbocycles. The van der Waals surface area contributed by atoms with Crippen LogP contribution in [0.2, 0.25) is 0 Å². The van der Waals surface area contributed by atoms with Gasteiger partial charge in [0, 0.05) is 4.88 Å². The molecule has 0 saturated heterocycles. The zero-order chi connectivity index (χ0) is 14.3. The fraction of sp³-hybridized carbons (Fsp3) is 0.250. The zero-order valence-corrected chi connectivity index (χ0v) is 13.5. The Morgan fingerprint density at radius 2 is 2.00 bits per heavy atom. The van der Waals surface area contributed by atoms with Crippen LogP contribution in [0.1, 0.15) is 16.3 Å². The van der Waals surface area contributed by atoms with Crippen LogP contribution in [0.5, 0.6) is 0 Å². The van der Waals surface area contributed by atoms with Crippen LogP contribution in [-0.4, -0.2) is 15.0 Å². The number of nitrogens with zero attached hydrogens (tertiary/aromatic N) is 3. The van der Waals surface area contributed by atoms with Crippen molar-refractivity contribution in [3.8, 4) is 0 Å². The molecule has 104 valence electrons. The first-order valence-corrected chi connectivity index (χ1v) is 8.52. The first kappa shape index (κ1) is 13.6. The van der Waals surface area contributed by atoms with Crippen molar-refractivity contribution in [1.82, 2.24) is 15.0 Å². The van der Waals surface area contributed by atoms with Gasteiger partial charge in [-0.05, 0) is 19.4 Å². The number of hydrogen-bond acceptors (Lipinski definition) is 8. The number of thiophene rings is 1. The highest BCUT2D eigenvalue weighted by molar-refractivity contribution is 8.00. The van der Waals surface area contributed by atoms with E-state index in [0.717, 1.165) is 20.3 Å². The van der Waals surface area contributed by atoms with Crippen molar-refractivity contribution < 1.29 is 0 Å². The normalized spacial score (nSPS) is 11.3. The van der Waals surface area contributed by atoms with E-state index in [1.165, 1.54) is 21.8 Å². The molecule has 0 spiro atoms. The molecule has 3 aromatic rings. The van der Waals surface area contributed by atoms with E-state index in [2.05, 4.69) is 28.8 Å². The van der Waals surface area contributed by atoms with Crippen LogP contribution in [0.15, 0.2) is 10.4 Å². The third kappa shape index (κ3) is 2.46. The van der Waals surface area contributed by atoms with Gasteiger partial charge in [0.1, 0.15) is 16.5 Å². The average molecular weight is 323 g/mol. The van der Waals surface area contributed by atoms with Gasteiger partial charge in [-0.15, -0.1) is 23.1 Å². The summed E-state index contributed by atoms with van der Waals surface area (Å²) in [6.07, 6.45) is 1.77. The van der Waals surface area contributed by atoms with Crippen molar-refractivity contribution in [3.63, 3.8) is 0 Å². The van der Waals surface area contributed by atoms with Crippen LogP contribution in [-0.2, 0) is 5.75 Å². The highest BCUT2D eigenvalue weighted by Crippen LogP contribution is 2.33. The summed E-state index contributed by atoms with van der Waals surface area (Å²) in [6, 6.07) is 0.